The number of ether oxygens (including phenoxy) is 1. The highest BCUT2D eigenvalue weighted by molar-refractivity contribution is 7.11. The van der Waals surface area contributed by atoms with Crippen molar-refractivity contribution in [3.05, 3.63) is 51.2 Å². The summed E-state index contributed by atoms with van der Waals surface area (Å²) in [5.74, 6) is 0.770. The van der Waals surface area contributed by atoms with Crippen LogP contribution in [0.2, 0.25) is 0 Å². The molecule has 0 bridgehead atoms. The third-order valence-corrected chi connectivity index (χ3v) is 4.25. The van der Waals surface area contributed by atoms with Gasteiger partial charge in [-0.15, -0.1) is 11.3 Å². The van der Waals surface area contributed by atoms with E-state index in [2.05, 4.69) is 19.1 Å². The number of rotatable bonds is 5. The lowest BCUT2D eigenvalue weighted by Gasteiger charge is -2.13. The standard InChI is InChI=1S/C16H20O2S/c1-4-13-6-7-14(19-13)10-18-16-8-5-11(2)9-15(16)12(3)17/h5-9,12,17H,4,10H2,1-3H3/t12-/m1/s1. The molecule has 3 heteroatoms. The first-order valence-corrected chi connectivity index (χ1v) is 7.40. The highest BCUT2D eigenvalue weighted by atomic mass is 32.1. The predicted molar refractivity (Wildman–Crippen MR) is 79.8 cm³/mol. The molecule has 0 fully saturated rings. The van der Waals surface area contributed by atoms with Crippen LogP contribution >= 0.6 is 11.3 Å². The van der Waals surface area contributed by atoms with Crippen LogP contribution in [0.4, 0.5) is 0 Å². The quantitative estimate of drug-likeness (QED) is 0.884. The van der Waals surface area contributed by atoms with Gasteiger partial charge in [-0.3, -0.25) is 0 Å². The molecule has 1 N–H and O–H groups in total. The second-order valence-corrected chi connectivity index (χ2v) is 5.98. The number of benzene rings is 1. The van der Waals surface area contributed by atoms with Gasteiger partial charge in [-0.2, -0.15) is 0 Å². The van der Waals surface area contributed by atoms with Crippen molar-refractivity contribution in [2.75, 3.05) is 0 Å². The van der Waals surface area contributed by atoms with Crippen LogP contribution in [0, 0.1) is 6.92 Å². The van der Waals surface area contributed by atoms with Gasteiger partial charge < -0.3 is 9.84 Å². The molecule has 1 aromatic heterocycles. The van der Waals surface area contributed by atoms with Crippen LogP contribution in [0.1, 0.15) is 40.8 Å². The second-order valence-electron chi connectivity index (χ2n) is 4.73. The number of hydrogen-bond acceptors (Lipinski definition) is 3. The van der Waals surface area contributed by atoms with Gasteiger partial charge in [-0.05, 0) is 44.5 Å². The van der Waals surface area contributed by atoms with E-state index in [4.69, 9.17) is 4.74 Å². The maximum Gasteiger partial charge on any atom is 0.125 e. The summed E-state index contributed by atoms with van der Waals surface area (Å²) in [6.07, 6.45) is 0.554. The van der Waals surface area contributed by atoms with Crippen LogP contribution in [-0.4, -0.2) is 5.11 Å². The molecular weight excluding hydrogens is 256 g/mol. The third-order valence-electron chi connectivity index (χ3n) is 3.05. The summed E-state index contributed by atoms with van der Waals surface area (Å²) in [4.78, 5) is 2.59. The number of aryl methyl sites for hydroxylation is 2. The second kappa shape index (κ2) is 6.22. The van der Waals surface area contributed by atoms with Crippen molar-refractivity contribution in [1.29, 1.82) is 0 Å². The molecule has 0 spiro atoms. The van der Waals surface area contributed by atoms with Crippen molar-refractivity contribution in [3.8, 4) is 5.75 Å². The molecule has 0 aliphatic heterocycles. The topological polar surface area (TPSA) is 29.5 Å². The molecule has 2 rings (SSSR count). The van der Waals surface area contributed by atoms with E-state index in [1.807, 2.05) is 25.1 Å². The molecule has 2 nitrogen and oxygen atoms in total. The Morgan fingerprint density at radius 1 is 1.21 bits per heavy atom. The molecule has 0 aliphatic rings. The number of hydrogen-bond donors (Lipinski definition) is 1. The van der Waals surface area contributed by atoms with Gasteiger partial charge >= 0.3 is 0 Å². The molecule has 0 radical (unpaired) electrons. The average molecular weight is 276 g/mol. The lowest BCUT2D eigenvalue weighted by molar-refractivity contribution is 0.190. The van der Waals surface area contributed by atoms with Crippen molar-refractivity contribution < 1.29 is 9.84 Å². The van der Waals surface area contributed by atoms with Crippen molar-refractivity contribution in [1.82, 2.24) is 0 Å². The third kappa shape index (κ3) is 3.58. The monoisotopic (exact) mass is 276 g/mol. The smallest absolute Gasteiger partial charge is 0.125 e. The fourth-order valence-electron chi connectivity index (χ4n) is 1.96. The van der Waals surface area contributed by atoms with Gasteiger partial charge in [0.15, 0.2) is 0 Å². The predicted octanol–water partition coefficient (Wildman–Crippen LogP) is 4.25. The van der Waals surface area contributed by atoms with Gasteiger partial charge in [0.1, 0.15) is 12.4 Å². The van der Waals surface area contributed by atoms with Crippen LogP contribution in [0.25, 0.3) is 0 Å². The van der Waals surface area contributed by atoms with Crippen LogP contribution in [-0.2, 0) is 13.0 Å². The van der Waals surface area contributed by atoms with E-state index in [9.17, 15) is 5.11 Å². The number of thiophene rings is 1. The molecule has 0 saturated carbocycles. The fourth-order valence-corrected chi connectivity index (χ4v) is 2.84. The van der Waals surface area contributed by atoms with E-state index in [-0.39, 0.29) is 0 Å². The van der Waals surface area contributed by atoms with Crippen molar-refractivity contribution >= 4 is 11.3 Å². The summed E-state index contributed by atoms with van der Waals surface area (Å²) in [6, 6.07) is 10.2. The summed E-state index contributed by atoms with van der Waals surface area (Å²) in [5.41, 5.74) is 1.99. The van der Waals surface area contributed by atoms with Crippen molar-refractivity contribution in [2.45, 2.75) is 39.9 Å². The van der Waals surface area contributed by atoms with Gasteiger partial charge in [0, 0.05) is 15.3 Å². The summed E-state index contributed by atoms with van der Waals surface area (Å²) < 4.78 is 5.85. The molecular formula is C16H20O2S. The Labute approximate surface area is 118 Å². The molecule has 2 aromatic rings. The summed E-state index contributed by atoms with van der Waals surface area (Å²) in [5, 5.41) is 9.79. The summed E-state index contributed by atoms with van der Waals surface area (Å²) in [7, 11) is 0. The first-order chi connectivity index (χ1) is 9.10. The van der Waals surface area contributed by atoms with E-state index in [0.717, 1.165) is 23.3 Å². The average Bonchev–Trinajstić information content (AvgIpc) is 2.85. The molecule has 0 amide bonds. The normalized spacial score (nSPS) is 12.4. The fraction of sp³-hybridized carbons (Fsp3) is 0.375. The van der Waals surface area contributed by atoms with Gasteiger partial charge in [0.25, 0.3) is 0 Å². The minimum absolute atomic E-state index is 0.510. The zero-order chi connectivity index (χ0) is 13.8. The van der Waals surface area contributed by atoms with E-state index in [0.29, 0.717) is 6.61 Å². The number of aliphatic hydroxyl groups is 1. The summed E-state index contributed by atoms with van der Waals surface area (Å²) in [6.45, 7) is 6.50. The van der Waals surface area contributed by atoms with Crippen molar-refractivity contribution in [3.63, 3.8) is 0 Å². The van der Waals surface area contributed by atoms with Crippen LogP contribution in [0.15, 0.2) is 30.3 Å². The molecule has 1 aromatic carbocycles. The Morgan fingerprint density at radius 2 is 1.95 bits per heavy atom. The van der Waals surface area contributed by atoms with Crippen LogP contribution in [0.3, 0.4) is 0 Å². The van der Waals surface area contributed by atoms with Crippen LogP contribution < -0.4 is 4.74 Å². The van der Waals surface area contributed by atoms with Gasteiger partial charge in [0.2, 0.25) is 0 Å². The Balaban J connectivity index is 2.10. The lowest BCUT2D eigenvalue weighted by atomic mass is 10.1. The Morgan fingerprint density at radius 3 is 2.58 bits per heavy atom. The van der Waals surface area contributed by atoms with E-state index >= 15 is 0 Å². The van der Waals surface area contributed by atoms with E-state index in [1.54, 1.807) is 18.3 Å². The first-order valence-electron chi connectivity index (χ1n) is 6.59. The maximum absolute atomic E-state index is 9.79. The minimum atomic E-state index is -0.510. The Bertz CT molecular complexity index is 543. The highest BCUT2D eigenvalue weighted by Gasteiger charge is 2.10. The van der Waals surface area contributed by atoms with Gasteiger partial charge in [-0.1, -0.05) is 18.6 Å². The molecule has 1 atom stereocenters. The molecule has 1 heterocycles. The molecule has 0 unspecified atom stereocenters. The number of aliphatic hydroxyl groups excluding tert-OH is 1. The largest absolute Gasteiger partial charge is 0.488 e. The van der Waals surface area contributed by atoms with Gasteiger partial charge in [0.05, 0.1) is 6.10 Å². The Hall–Kier alpha value is -1.32. The first kappa shape index (κ1) is 14.1. The van der Waals surface area contributed by atoms with Crippen molar-refractivity contribution in [2.24, 2.45) is 0 Å². The minimum Gasteiger partial charge on any atom is -0.488 e. The van der Waals surface area contributed by atoms with E-state index < -0.39 is 6.10 Å². The lowest BCUT2D eigenvalue weighted by Crippen LogP contribution is -2.00. The maximum atomic E-state index is 9.79. The zero-order valence-corrected chi connectivity index (χ0v) is 12.5. The summed E-state index contributed by atoms with van der Waals surface area (Å²) >= 11 is 1.78. The molecule has 0 saturated heterocycles. The molecule has 19 heavy (non-hydrogen) atoms. The molecule has 0 aliphatic carbocycles. The zero-order valence-electron chi connectivity index (χ0n) is 11.6. The van der Waals surface area contributed by atoms with E-state index in [1.165, 1.54) is 9.75 Å². The SMILES string of the molecule is CCc1ccc(COc2ccc(C)cc2[C@@H](C)O)s1. The Kier molecular flexibility index (Phi) is 4.61. The van der Waals surface area contributed by atoms with Crippen LogP contribution in [0.5, 0.6) is 5.75 Å². The molecule has 102 valence electrons. The highest BCUT2D eigenvalue weighted by Crippen LogP contribution is 2.28. The van der Waals surface area contributed by atoms with Gasteiger partial charge in [-0.25, -0.2) is 0 Å².